The van der Waals surface area contributed by atoms with Gasteiger partial charge in [-0.15, -0.1) is 0 Å². The SMILES string of the molecule is CCSCCCn1cc(S(=O)(=O)Cl)c2c(F)cccc21. The van der Waals surface area contributed by atoms with Gasteiger partial charge in [-0.2, -0.15) is 11.8 Å². The van der Waals surface area contributed by atoms with Gasteiger partial charge in [0.05, 0.1) is 10.9 Å². The van der Waals surface area contributed by atoms with E-state index in [4.69, 9.17) is 10.7 Å². The van der Waals surface area contributed by atoms with E-state index in [2.05, 4.69) is 6.92 Å². The van der Waals surface area contributed by atoms with Crippen molar-refractivity contribution in [1.29, 1.82) is 0 Å². The van der Waals surface area contributed by atoms with Crippen molar-refractivity contribution in [2.75, 3.05) is 11.5 Å². The minimum absolute atomic E-state index is 0.0747. The minimum Gasteiger partial charge on any atom is -0.346 e. The van der Waals surface area contributed by atoms with E-state index in [1.54, 1.807) is 16.7 Å². The molecule has 7 heteroatoms. The molecule has 0 aliphatic carbocycles. The Morgan fingerprint density at radius 1 is 1.40 bits per heavy atom. The number of rotatable bonds is 6. The minimum atomic E-state index is -3.96. The van der Waals surface area contributed by atoms with Gasteiger partial charge in [-0.3, -0.25) is 0 Å². The Hall–Kier alpha value is -0.720. The normalized spacial score (nSPS) is 12.2. The standard InChI is InChI=1S/C13H15ClFNO2S2/c1-2-19-8-4-7-16-9-12(20(14,17)18)13-10(15)5-3-6-11(13)16/h3,5-6,9H,2,4,7-8H2,1H3. The molecule has 0 bridgehead atoms. The van der Waals surface area contributed by atoms with E-state index in [-0.39, 0.29) is 10.3 Å². The zero-order valence-electron chi connectivity index (χ0n) is 11.0. The van der Waals surface area contributed by atoms with Gasteiger partial charge in [0, 0.05) is 23.4 Å². The molecule has 1 heterocycles. The van der Waals surface area contributed by atoms with Gasteiger partial charge in [0.25, 0.3) is 9.05 Å². The number of hydrogen-bond acceptors (Lipinski definition) is 3. The number of benzene rings is 1. The van der Waals surface area contributed by atoms with E-state index in [9.17, 15) is 12.8 Å². The zero-order valence-corrected chi connectivity index (χ0v) is 13.4. The fourth-order valence-corrected chi connectivity index (χ4v) is 3.79. The number of fused-ring (bicyclic) bond motifs is 1. The van der Waals surface area contributed by atoms with Gasteiger partial charge < -0.3 is 4.57 Å². The first kappa shape index (κ1) is 15.7. The van der Waals surface area contributed by atoms with Gasteiger partial charge >= 0.3 is 0 Å². The van der Waals surface area contributed by atoms with Crippen LogP contribution in [0.25, 0.3) is 10.9 Å². The molecule has 0 radical (unpaired) electrons. The van der Waals surface area contributed by atoms with Gasteiger partial charge in [0.15, 0.2) is 0 Å². The van der Waals surface area contributed by atoms with Crippen LogP contribution < -0.4 is 0 Å². The highest BCUT2D eigenvalue weighted by molar-refractivity contribution is 8.14. The Morgan fingerprint density at radius 2 is 2.15 bits per heavy atom. The third-order valence-corrected chi connectivity index (χ3v) is 5.29. The van der Waals surface area contributed by atoms with Crippen LogP contribution >= 0.6 is 22.4 Å². The third kappa shape index (κ3) is 3.30. The van der Waals surface area contributed by atoms with Crippen LogP contribution in [0.3, 0.4) is 0 Å². The predicted molar refractivity (Wildman–Crippen MR) is 82.6 cm³/mol. The van der Waals surface area contributed by atoms with E-state index in [1.807, 2.05) is 11.8 Å². The Labute approximate surface area is 126 Å². The van der Waals surface area contributed by atoms with E-state index in [0.717, 1.165) is 17.9 Å². The highest BCUT2D eigenvalue weighted by Gasteiger charge is 2.21. The van der Waals surface area contributed by atoms with Crippen LogP contribution in [0.1, 0.15) is 13.3 Å². The predicted octanol–water partition coefficient (Wildman–Crippen LogP) is 3.85. The van der Waals surface area contributed by atoms with Crippen LogP contribution in [0.2, 0.25) is 0 Å². The maximum Gasteiger partial charge on any atom is 0.263 e. The Morgan fingerprint density at radius 3 is 2.80 bits per heavy atom. The average Bonchev–Trinajstić information content (AvgIpc) is 2.75. The molecule has 0 aliphatic heterocycles. The number of nitrogens with zero attached hydrogens (tertiary/aromatic N) is 1. The number of thioether (sulfide) groups is 1. The van der Waals surface area contributed by atoms with E-state index in [0.29, 0.717) is 12.1 Å². The number of aromatic nitrogens is 1. The van der Waals surface area contributed by atoms with Crippen molar-refractivity contribution in [2.45, 2.75) is 24.8 Å². The Kier molecular flexibility index (Phi) is 4.99. The summed E-state index contributed by atoms with van der Waals surface area (Å²) in [4.78, 5) is -0.157. The highest BCUT2D eigenvalue weighted by Crippen LogP contribution is 2.30. The van der Waals surface area contributed by atoms with Gasteiger partial charge in [-0.1, -0.05) is 13.0 Å². The monoisotopic (exact) mass is 335 g/mol. The van der Waals surface area contributed by atoms with Crippen molar-refractivity contribution in [3.05, 3.63) is 30.2 Å². The molecule has 0 saturated heterocycles. The molecule has 3 nitrogen and oxygen atoms in total. The summed E-state index contributed by atoms with van der Waals surface area (Å²) in [7, 11) is 1.43. The first-order chi connectivity index (χ1) is 9.45. The first-order valence-corrected chi connectivity index (χ1v) is 9.71. The van der Waals surface area contributed by atoms with Gasteiger partial charge in [-0.05, 0) is 30.1 Å². The quantitative estimate of drug-likeness (QED) is 0.594. The number of halogens is 2. The summed E-state index contributed by atoms with van der Waals surface area (Å²) >= 11 is 1.82. The van der Waals surface area contributed by atoms with Crippen LogP contribution in [0.15, 0.2) is 29.3 Å². The second-order valence-corrected chi connectivity index (χ2v) is 8.24. The lowest BCUT2D eigenvalue weighted by Gasteiger charge is -2.04. The molecule has 2 aromatic rings. The lowest BCUT2D eigenvalue weighted by molar-refractivity contribution is 0.607. The van der Waals surface area contributed by atoms with E-state index in [1.165, 1.54) is 12.3 Å². The summed E-state index contributed by atoms with van der Waals surface area (Å²) < 4.78 is 38.8. The lowest BCUT2D eigenvalue weighted by atomic mass is 10.2. The van der Waals surface area contributed by atoms with Gasteiger partial charge in [-0.25, -0.2) is 12.8 Å². The Balaban J connectivity index is 2.44. The van der Waals surface area contributed by atoms with Crippen LogP contribution in [0, 0.1) is 5.82 Å². The molecule has 0 spiro atoms. The second kappa shape index (κ2) is 6.37. The van der Waals surface area contributed by atoms with Crippen molar-refractivity contribution in [2.24, 2.45) is 0 Å². The topological polar surface area (TPSA) is 39.1 Å². The first-order valence-electron chi connectivity index (χ1n) is 6.25. The van der Waals surface area contributed by atoms with Crippen molar-refractivity contribution in [3.8, 4) is 0 Å². The Bertz CT molecular complexity index is 712. The number of hydrogen-bond donors (Lipinski definition) is 0. The van der Waals surface area contributed by atoms with E-state index >= 15 is 0 Å². The van der Waals surface area contributed by atoms with Crippen molar-refractivity contribution in [3.63, 3.8) is 0 Å². The highest BCUT2D eigenvalue weighted by atomic mass is 35.7. The van der Waals surface area contributed by atoms with Gasteiger partial charge in [0.1, 0.15) is 10.7 Å². The largest absolute Gasteiger partial charge is 0.346 e. The average molecular weight is 336 g/mol. The fourth-order valence-electron chi connectivity index (χ4n) is 2.12. The van der Waals surface area contributed by atoms with Crippen molar-refractivity contribution in [1.82, 2.24) is 4.57 Å². The second-order valence-electron chi connectivity index (χ2n) is 4.31. The molecular formula is C13H15ClFNO2S2. The van der Waals surface area contributed by atoms with Crippen LogP contribution in [0.5, 0.6) is 0 Å². The molecule has 2 rings (SSSR count). The molecule has 20 heavy (non-hydrogen) atoms. The summed E-state index contributed by atoms with van der Waals surface area (Å²) in [6.45, 7) is 2.72. The molecule has 1 aromatic heterocycles. The summed E-state index contributed by atoms with van der Waals surface area (Å²) in [6, 6.07) is 4.52. The van der Waals surface area contributed by atoms with Crippen molar-refractivity contribution < 1.29 is 12.8 Å². The molecule has 0 N–H and O–H groups in total. The molecule has 110 valence electrons. The molecule has 0 unspecified atom stereocenters. The lowest BCUT2D eigenvalue weighted by Crippen LogP contribution is -1.97. The summed E-state index contributed by atoms with van der Waals surface area (Å²) in [5.74, 6) is 1.46. The third-order valence-electron chi connectivity index (χ3n) is 2.98. The smallest absolute Gasteiger partial charge is 0.263 e. The summed E-state index contributed by atoms with van der Waals surface area (Å²) in [5.41, 5.74) is 0.561. The van der Waals surface area contributed by atoms with Crippen LogP contribution in [0.4, 0.5) is 4.39 Å². The molecule has 0 aliphatic rings. The van der Waals surface area contributed by atoms with E-state index < -0.39 is 14.9 Å². The van der Waals surface area contributed by atoms with Gasteiger partial charge in [0.2, 0.25) is 0 Å². The van der Waals surface area contributed by atoms with Crippen molar-refractivity contribution >= 4 is 42.4 Å². The molecule has 0 atom stereocenters. The molecule has 1 aromatic carbocycles. The summed E-state index contributed by atoms with van der Waals surface area (Å²) in [5, 5.41) is 0.0747. The maximum absolute atomic E-state index is 13.9. The molecule has 0 saturated carbocycles. The summed E-state index contributed by atoms with van der Waals surface area (Å²) in [6.07, 6.45) is 2.31. The number of aryl methyl sites for hydroxylation is 1. The fraction of sp³-hybridized carbons (Fsp3) is 0.385. The molecule has 0 fully saturated rings. The van der Waals surface area contributed by atoms with Crippen LogP contribution in [-0.2, 0) is 15.6 Å². The molecular weight excluding hydrogens is 321 g/mol. The van der Waals surface area contributed by atoms with Crippen LogP contribution in [-0.4, -0.2) is 24.5 Å². The molecule has 0 amide bonds. The zero-order chi connectivity index (χ0) is 14.8. The maximum atomic E-state index is 13.9.